The van der Waals surface area contributed by atoms with E-state index in [2.05, 4.69) is 51.5 Å². The smallest absolute Gasteiger partial charge is 0.870 e. The van der Waals surface area contributed by atoms with Gasteiger partial charge in [-0.2, -0.15) is 5.26 Å². The van der Waals surface area contributed by atoms with Crippen LogP contribution in [0.5, 0.6) is 11.5 Å². The molecule has 39 nitrogen and oxygen atoms in total. The van der Waals surface area contributed by atoms with E-state index in [1.807, 2.05) is 80.6 Å². The maximum Gasteiger partial charge on any atom is 1.00 e. The number of esters is 2. The number of hydrogen-bond acceptors (Lipinski definition) is 32. The number of hydrogen-bond donors (Lipinski definition) is 9. The number of carbonyl (C=O) groups excluding carboxylic acids is 11. The molecule has 4 aromatic carbocycles. The van der Waals surface area contributed by atoms with Gasteiger partial charge in [0.15, 0.2) is 29.2 Å². The van der Waals surface area contributed by atoms with Crippen LogP contribution in [-0.2, 0) is 99.4 Å². The van der Waals surface area contributed by atoms with E-state index in [4.69, 9.17) is 84.8 Å². The molecule has 2 aliphatic heterocycles. The number of rotatable bonds is 38. The van der Waals surface area contributed by atoms with Crippen molar-refractivity contribution in [3.63, 3.8) is 0 Å². The number of aliphatic hydroxyl groups excluding tert-OH is 1. The summed E-state index contributed by atoms with van der Waals surface area (Å²) < 4.78 is 91.3. The zero-order valence-corrected chi connectivity index (χ0v) is 86.5. The van der Waals surface area contributed by atoms with Crippen LogP contribution in [0.4, 0.5) is 32.1 Å². The normalized spacial score (nSPS) is 14.6. The zero-order chi connectivity index (χ0) is 106. The molecule has 4 bridgehead atoms. The molecule has 13 N–H and O–H groups in total. The van der Waals surface area contributed by atoms with Crippen LogP contribution in [0.3, 0.4) is 0 Å². The van der Waals surface area contributed by atoms with Gasteiger partial charge in [0.25, 0.3) is 0 Å². The van der Waals surface area contributed by atoms with E-state index in [-0.39, 0.29) is 177 Å². The monoisotopic (exact) mass is 2000 g/mol. The quantitative estimate of drug-likeness (QED) is 0.00448. The molecule has 6 amide bonds. The Hall–Kier alpha value is -11.4. The van der Waals surface area contributed by atoms with Gasteiger partial charge in [-0.25, -0.2) is 33.9 Å². The number of ether oxygens (including phenoxy) is 12. The van der Waals surface area contributed by atoms with Crippen LogP contribution in [0.2, 0.25) is 0 Å². The zero-order valence-electron chi connectivity index (χ0n) is 86.5. The fraction of sp³-hybridized carbons (Fsp3) is 0.582. The summed E-state index contributed by atoms with van der Waals surface area (Å²) in [5, 5.41) is 36.5. The third kappa shape index (κ3) is 54.7. The Morgan fingerprint density at radius 3 is 1.59 bits per heavy atom. The molecule has 7 rings (SSSR count). The van der Waals surface area contributed by atoms with Gasteiger partial charge in [0.2, 0.25) is 11.8 Å². The predicted molar refractivity (Wildman–Crippen MR) is 520 cm³/mol. The maximum absolute atomic E-state index is 15.0. The summed E-state index contributed by atoms with van der Waals surface area (Å²) in [6.45, 7) is 39.6. The number of aliphatic hydroxyl groups is 1. The second-order valence-corrected chi connectivity index (χ2v) is 35.9. The summed E-state index contributed by atoms with van der Waals surface area (Å²) >= 11 is 0. The van der Waals surface area contributed by atoms with Crippen molar-refractivity contribution in [2.45, 2.75) is 211 Å². The Kier molecular flexibility index (Phi) is 64.9. The molecule has 0 aliphatic carbocycles. The Bertz CT molecular complexity index is 4690. The van der Waals surface area contributed by atoms with E-state index in [0.717, 1.165) is 29.9 Å². The van der Waals surface area contributed by atoms with Crippen molar-refractivity contribution in [1.82, 2.24) is 41.0 Å². The topological polar surface area (TPSA) is 568 Å². The van der Waals surface area contributed by atoms with Gasteiger partial charge in [-0.3, -0.25) is 51.4 Å². The van der Waals surface area contributed by atoms with Crippen LogP contribution in [0, 0.1) is 48.9 Å². The first-order chi connectivity index (χ1) is 65.7. The first-order valence-corrected chi connectivity index (χ1v) is 45.9. The number of halogens is 3. The molecule has 7 atom stereocenters. The molecule has 0 spiro atoms. The van der Waals surface area contributed by atoms with Crippen LogP contribution in [-0.4, -0.2) is 283 Å². The number of ketones is 3. The molecule has 1 saturated heterocycles. The number of nitrogens with zero attached hydrogens (tertiary/aromatic N) is 5. The number of aryl methyl sites for hydroxylation is 2. The second-order valence-electron chi connectivity index (χ2n) is 35.9. The number of benzene rings is 4. The summed E-state index contributed by atoms with van der Waals surface area (Å²) in [4.78, 5) is 161. The molecule has 5 aromatic rings. The number of aliphatic carboxylic acids is 1. The van der Waals surface area contributed by atoms with Gasteiger partial charge >= 0.3 is 68.7 Å². The Balaban J connectivity index is 0. The van der Waals surface area contributed by atoms with E-state index < -0.39 is 114 Å². The molecule has 1 fully saturated rings. The fourth-order valence-corrected chi connectivity index (χ4v) is 12.4. The Morgan fingerprint density at radius 2 is 1.14 bits per heavy atom. The van der Waals surface area contributed by atoms with Crippen LogP contribution < -0.4 is 66.8 Å². The number of nitrogens with two attached hydrogens (primary N) is 3. The van der Waals surface area contributed by atoms with E-state index >= 15 is 0 Å². The molecule has 142 heavy (non-hydrogen) atoms. The largest absolute Gasteiger partial charge is 1.00 e. The SMILES string of the molecule is CC(C)(C)OC(=O)NCCO.CCOCC.COC(=O)[C@@H](C)COCCNC(=O)OC(C)(C)C.COC(=O)[C@@H]1CN1C(=O)OCc1ccccc1.C[C@@H](COCCNC(=O)OC(C)(C)C)C(=O)O.Cc1nc(-c2ccc(C(C)(C)C)cc2)nc(C)c1C(=O)C[C@@H](COCCN)C(=O)N(C)[C@@H]1C(=O)C[C@@H](C)C(=O)N[C@H](C(=O)CCC#N)Cc2ccc(OCCN)c(c2)-c2cc1ccc2OCCN.FB(F)F.[Li+].[OH-]. The number of fused-ring (bicyclic) bond motifs is 5. The molecular formula is C98H149BF3LiN12O27. The third-order valence-electron chi connectivity index (χ3n) is 19.3. The molecule has 788 valence electrons. The fourth-order valence-electron chi connectivity index (χ4n) is 12.4. The van der Waals surface area contributed by atoms with E-state index in [0.29, 0.717) is 77.2 Å². The summed E-state index contributed by atoms with van der Waals surface area (Å²) in [7, 11) is 0.453. The van der Waals surface area contributed by atoms with Gasteiger partial charge in [0.05, 0.1) is 114 Å². The van der Waals surface area contributed by atoms with Gasteiger partial charge in [-0.15, -0.1) is 0 Å². The van der Waals surface area contributed by atoms with Crippen molar-refractivity contribution in [2.75, 3.05) is 140 Å². The minimum absolute atomic E-state index is 0. The molecule has 1 aromatic heterocycles. The number of carboxylic acids is 1. The van der Waals surface area contributed by atoms with Crippen LogP contribution >= 0.6 is 0 Å². The van der Waals surface area contributed by atoms with Gasteiger partial charge in [0.1, 0.15) is 54.2 Å². The summed E-state index contributed by atoms with van der Waals surface area (Å²) in [6, 6.07) is 27.0. The number of carboxylic acid groups (broad SMARTS) is 1. The molecule has 0 radical (unpaired) electrons. The second kappa shape index (κ2) is 69.5. The summed E-state index contributed by atoms with van der Waals surface area (Å²) in [5.41, 5.74) is 22.1. The van der Waals surface area contributed by atoms with E-state index in [1.54, 1.807) is 127 Å². The number of nitriles is 1. The molecule has 0 saturated carbocycles. The van der Waals surface area contributed by atoms with Crippen molar-refractivity contribution in [3.8, 4) is 40.1 Å². The number of amides is 6. The van der Waals surface area contributed by atoms with Crippen molar-refractivity contribution in [3.05, 3.63) is 130 Å². The number of likely N-dealkylation sites (N-methyl/N-ethyl adjacent to an activating group) is 1. The number of alkyl carbamates (subject to hydrolysis) is 3. The van der Waals surface area contributed by atoms with Gasteiger partial charge in [-0.1, -0.05) is 94.4 Å². The van der Waals surface area contributed by atoms with E-state index in [9.17, 15) is 75.7 Å². The number of nitrogens with one attached hydrogen (secondary N) is 4. The molecule has 3 heterocycles. The van der Waals surface area contributed by atoms with Crippen molar-refractivity contribution < 1.29 is 162 Å². The van der Waals surface area contributed by atoms with Crippen molar-refractivity contribution >= 4 is 79.0 Å². The minimum atomic E-state index is -3.67. The Labute approximate surface area is 844 Å². The van der Waals surface area contributed by atoms with Gasteiger partial charge < -0.3 is 116 Å². The summed E-state index contributed by atoms with van der Waals surface area (Å²) in [6.07, 6.45) is -2.62. The molecule has 2 aliphatic rings. The first kappa shape index (κ1) is 133. The van der Waals surface area contributed by atoms with Crippen LogP contribution in [0.15, 0.2) is 91.0 Å². The van der Waals surface area contributed by atoms with Gasteiger partial charge in [0, 0.05) is 108 Å². The maximum atomic E-state index is 15.0. The third-order valence-corrected chi connectivity index (χ3v) is 19.3. The number of methoxy groups -OCH3 is 2. The van der Waals surface area contributed by atoms with Crippen LogP contribution in [0.1, 0.15) is 193 Å². The standard InChI is InChI=1S/C52H66N8O8.C12H23NO5.C12H13NO4.C11H21NO5.C7H15NO3.C4H10O.BF3.Li.H2O/c1-31-25-44(63)48(60(7)51(65)37(30-66-22-19-54)29-43(62)47-32(2)57-49(58-33(47)3)35-11-14-38(15-12-35)52(4,5)6)36-13-17-46(68-24-21-56)40(28-36)39-26-34(10-16-45(39)67-23-20-55)27-41(59-50(31)64)42(61)9-8-18-53;1-9(10(14)16-5)8-17-7-6-13-11(15)18-12(2,3)4;1-16-11(14)10-7-13(10)12(15)17-8-9-5-3-2-4-6-9;1-8(9(13)14)7-16-6-5-12-10(15)17-11(2,3)4;1-7(2,3)11-6(10)8-4-5-9;1-3-5-4-2;2-1(3)4;;/h10-17,26,28,31,37,41,48H,8-9,19-25,27,29-30,54-56H2,1-7H3,(H,59,64);9H,6-8H2,1-5H3,(H,13,15);2-6,10H,7-8H2,1H3;8H,5-7H2,1-4H3,(H,12,15)(H,13,14);9H,4-5H2,1-3H3,(H,8,10);3-4H2,1-2H3;;;1H2/q;;;;;;;+1;/p-1/t31-,37+,41+,48+;9-;10-,13?;8-;;;;;/m1000...../s1. The molecule has 0 unspecified atom stereocenters. The number of aromatic nitrogens is 2. The van der Waals surface area contributed by atoms with Crippen molar-refractivity contribution in [2.24, 2.45) is 40.9 Å². The molecular weight excluding hydrogens is 1850 g/mol. The average molecular weight is 2000 g/mol. The Morgan fingerprint density at radius 1 is 0.655 bits per heavy atom. The molecule has 44 heteroatoms. The van der Waals surface area contributed by atoms with E-state index in [1.165, 1.54) is 31.1 Å². The minimum Gasteiger partial charge on any atom is -0.870 e. The van der Waals surface area contributed by atoms with Gasteiger partial charge in [-0.05, 0) is 162 Å². The first-order valence-electron chi connectivity index (χ1n) is 45.9. The predicted octanol–water partition coefficient (Wildman–Crippen LogP) is 8.29. The average Bonchev–Trinajstić information content (AvgIpc) is 1.00. The van der Waals surface area contributed by atoms with Crippen LogP contribution in [0.25, 0.3) is 22.5 Å². The number of Topliss-reactive ketones (excluding diaryl/α,β-unsaturated/α-hetero) is 3. The van der Waals surface area contributed by atoms with Crippen molar-refractivity contribution in [1.29, 1.82) is 5.26 Å². The number of carbonyl (C=O) groups is 12. The summed E-state index contributed by atoms with van der Waals surface area (Å²) in [5.74, 6) is -5.51.